The molecule has 2 aromatic carbocycles. The second-order valence-corrected chi connectivity index (χ2v) is 6.86. The standard InChI is InChI=1S/C21H16ClN3O3/c1-14-21(25(26)27)20(28-23-14)11-8-16-13-24(19-5-3-2-4-18(16)19)12-15-6-9-17(22)10-7-15/h2-11,13H,12H2,1H3. The van der Waals surface area contributed by atoms with E-state index < -0.39 is 4.92 Å². The van der Waals surface area contributed by atoms with Crippen LogP contribution in [0.2, 0.25) is 5.02 Å². The smallest absolute Gasteiger partial charge is 0.338 e. The van der Waals surface area contributed by atoms with E-state index in [1.165, 1.54) is 0 Å². The van der Waals surface area contributed by atoms with Gasteiger partial charge in [0, 0.05) is 34.2 Å². The van der Waals surface area contributed by atoms with Crippen LogP contribution in [-0.2, 0) is 6.54 Å². The number of hydrogen-bond acceptors (Lipinski definition) is 4. The van der Waals surface area contributed by atoms with Crippen molar-refractivity contribution in [3.8, 4) is 0 Å². The summed E-state index contributed by atoms with van der Waals surface area (Å²) in [4.78, 5) is 10.7. The van der Waals surface area contributed by atoms with E-state index in [-0.39, 0.29) is 17.1 Å². The first-order valence-electron chi connectivity index (χ1n) is 8.64. The zero-order chi connectivity index (χ0) is 19.7. The maximum absolute atomic E-state index is 11.2. The Bertz CT molecular complexity index is 1190. The van der Waals surface area contributed by atoms with Crippen LogP contribution in [0.5, 0.6) is 0 Å². The Hall–Kier alpha value is -3.38. The Balaban J connectivity index is 1.72. The van der Waals surface area contributed by atoms with Gasteiger partial charge in [0.1, 0.15) is 0 Å². The fourth-order valence-corrected chi connectivity index (χ4v) is 3.33. The minimum Gasteiger partial charge on any atom is -0.349 e. The first-order chi connectivity index (χ1) is 13.5. The number of nitro groups is 1. The quantitative estimate of drug-likeness (QED) is 0.321. The molecule has 2 aromatic heterocycles. The molecule has 28 heavy (non-hydrogen) atoms. The molecule has 0 N–H and O–H groups in total. The molecule has 0 radical (unpaired) electrons. The number of aryl methyl sites for hydroxylation is 1. The molecule has 4 aromatic rings. The molecule has 0 amide bonds. The highest BCUT2D eigenvalue weighted by Crippen LogP contribution is 2.28. The van der Waals surface area contributed by atoms with Crippen LogP contribution in [-0.4, -0.2) is 14.6 Å². The molecule has 0 aliphatic carbocycles. The molecule has 0 fully saturated rings. The first-order valence-corrected chi connectivity index (χ1v) is 9.02. The number of hydrogen-bond donors (Lipinski definition) is 0. The molecule has 0 aliphatic heterocycles. The maximum atomic E-state index is 11.2. The molecular weight excluding hydrogens is 378 g/mol. The van der Waals surface area contributed by atoms with E-state index in [9.17, 15) is 10.1 Å². The fourth-order valence-electron chi connectivity index (χ4n) is 3.20. The number of halogens is 1. The molecule has 7 heteroatoms. The van der Waals surface area contributed by atoms with Gasteiger partial charge in [0.05, 0.1) is 4.92 Å². The molecule has 0 atom stereocenters. The molecule has 0 unspecified atom stereocenters. The van der Waals surface area contributed by atoms with E-state index in [0.717, 1.165) is 22.0 Å². The zero-order valence-corrected chi connectivity index (χ0v) is 15.8. The second-order valence-electron chi connectivity index (χ2n) is 6.43. The average molecular weight is 394 g/mol. The van der Waals surface area contributed by atoms with Gasteiger partial charge in [-0.15, -0.1) is 0 Å². The first kappa shape index (κ1) is 18.0. The number of nitrogens with zero attached hydrogens (tertiary/aromatic N) is 3. The highest BCUT2D eigenvalue weighted by molar-refractivity contribution is 6.30. The minimum atomic E-state index is -0.477. The topological polar surface area (TPSA) is 74.1 Å². The van der Waals surface area contributed by atoms with Gasteiger partial charge in [-0.05, 0) is 42.8 Å². The summed E-state index contributed by atoms with van der Waals surface area (Å²) in [5, 5.41) is 16.7. The van der Waals surface area contributed by atoms with Gasteiger partial charge in [0.25, 0.3) is 0 Å². The predicted octanol–water partition coefficient (Wildman–Crippen LogP) is 5.72. The van der Waals surface area contributed by atoms with Gasteiger partial charge in [-0.1, -0.05) is 47.1 Å². The Kier molecular flexibility index (Phi) is 4.71. The lowest BCUT2D eigenvalue weighted by molar-refractivity contribution is -0.386. The molecule has 4 rings (SSSR count). The fraction of sp³-hybridized carbons (Fsp3) is 0.0952. The van der Waals surface area contributed by atoms with Crippen LogP contribution in [0.3, 0.4) is 0 Å². The summed E-state index contributed by atoms with van der Waals surface area (Å²) in [7, 11) is 0. The Morgan fingerprint density at radius 2 is 1.93 bits per heavy atom. The lowest BCUT2D eigenvalue weighted by Crippen LogP contribution is -1.97. The normalized spacial score (nSPS) is 11.5. The van der Waals surface area contributed by atoms with E-state index >= 15 is 0 Å². The van der Waals surface area contributed by atoms with Gasteiger partial charge in [-0.25, -0.2) is 0 Å². The summed E-state index contributed by atoms with van der Waals surface area (Å²) in [6, 6.07) is 15.7. The molecule has 2 heterocycles. The highest BCUT2D eigenvalue weighted by atomic mass is 35.5. The van der Waals surface area contributed by atoms with Gasteiger partial charge in [0.2, 0.25) is 5.76 Å². The summed E-state index contributed by atoms with van der Waals surface area (Å²) in [6.07, 6.45) is 5.42. The number of aromatic nitrogens is 2. The molecule has 140 valence electrons. The average Bonchev–Trinajstić information content (AvgIpc) is 3.22. The third kappa shape index (κ3) is 3.42. The lowest BCUT2D eigenvalue weighted by atomic mass is 10.1. The second kappa shape index (κ2) is 7.32. The molecular formula is C21H16ClN3O3. The summed E-state index contributed by atoms with van der Waals surface area (Å²) in [5.74, 6) is 0.136. The van der Waals surface area contributed by atoms with Gasteiger partial charge >= 0.3 is 5.69 Å². The van der Waals surface area contributed by atoms with Gasteiger partial charge in [-0.3, -0.25) is 10.1 Å². The third-order valence-corrected chi connectivity index (χ3v) is 4.79. The molecule has 0 bridgehead atoms. The lowest BCUT2D eigenvalue weighted by Gasteiger charge is -2.05. The number of benzene rings is 2. The molecule has 6 nitrogen and oxygen atoms in total. The Morgan fingerprint density at radius 3 is 2.68 bits per heavy atom. The Morgan fingerprint density at radius 1 is 1.18 bits per heavy atom. The van der Waals surface area contributed by atoms with Crippen LogP contribution in [0.4, 0.5) is 5.69 Å². The van der Waals surface area contributed by atoms with E-state index in [4.69, 9.17) is 16.1 Å². The minimum absolute atomic E-state index is 0.110. The molecule has 0 spiro atoms. The van der Waals surface area contributed by atoms with Crippen LogP contribution < -0.4 is 0 Å². The van der Waals surface area contributed by atoms with Crippen molar-refractivity contribution in [3.05, 3.63) is 92.4 Å². The predicted molar refractivity (Wildman–Crippen MR) is 109 cm³/mol. The summed E-state index contributed by atoms with van der Waals surface area (Å²) in [6.45, 7) is 2.24. The summed E-state index contributed by atoms with van der Waals surface area (Å²) in [5.41, 5.74) is 3.28. The maximum Gasteiger partial charge on any atom is 0.338 e. The van der Waals surface area contributed by atoms with Crippen molar-refractivity contribution in [2.24, 2.45) is 0 Å². The van der Waals surface area contributed by atoms with Crippen molar-refractivity contribution in [2.45, 2.75) is 13.5 Å². The van der Waals surface area contributed by atoms with Crippen molar-refractivity contribution in [2.75, 3.05) is 0 Å². The van der Waals surface area contributed by atoms with E-state index in [1.807, 2.05) is 60.8 Å². The van der Waals surface area contributed by atoms with Crippen molar-refractivity contribution in [3.63, 3.8) is 0 Å². The third-order valence-electron chi connectivity index (χ3n) is 4.54. The Labute approximate surface area is 165 Å². The SMILES string of the molecule is Cc1noc(C=Cc2cn(Cc3ccc(Cl)cc3)c3ccccc23)c1[N+](=O)[O-]. The van der Waals surface area contributed by atoms with E-state index in [1.54, 1.807) is 13.0 Å². The van der Waals surface area contributed by atoms with Gasteiger partial charge in [0.15, 0.2) is 5.69 Å². The van der Waals surface area contributed by atoms with Crippen molar-refractivity contribution >= 4 is 40.3 Å². The van der Waals surface area contributed by atoms with Gasteiger partial charge < -0.3 is 9.09 Å². The van der Waals surface area contributed by atoms with Crippen LogP contribution in [0, 0.1) is 17.0 Å². The van der Waals surface area contributed by atoms with Gasteiger partial charge in [-0.2, -0.15) is 0 Å². The van der Waals surface area contributed by atoms with Crippen molar-refractivity contribution in [1.82, 2.24) is 9.72 Å². The molecule has 0 saturated carbocycles. The highest BCUT2D eigenvalue weighted by Gasteiger charge is 2.22. The largest absolute Gasteiger partial charge is 0.349 e. The monoisotopic (exact) mass is 393 g/mol. The van der Waals surface area contributed by atoms with Crippen molar-refractivity contribution < 1.29 is 9.45 Å². The van der Waals surface area contributed by atoms with Crippen LogP contribution >= 0.6 is 11.6 Å². The number of rotatable bonds is 5. The molecule has 0 saturated heterocycles. The van der Waals surface area contributed by atoms with Crippen molar-refractivity contribution in [1.29, 1.82) is 0 Å². The molecule has 0 aliphatic rings. The number of para-hydroxylation sites is 1. The summed E-state index contributed by atoms with van der Waals surface area (Å²) < 4.78 is 7.24. The van der Waals surface area contributed by atoms with Crippen LogP contribution in [0.25, 0.3) is 23.1 Å². The van der Waals surface area contributed by atoms with E-state index in [0.29, 0.717) is 11.6 Å². The van der Waals surface area contributed by atoms with Crippen LogP contribution in [0.15, 0.2) is 59.3 Å². The van der Waals surface area contributed by atoms with E-state index in [2.05, 4.69) is 9.72 Å². The number of fused-ring (bicyclic) bond motifs is 1. The zero-order valence-electron chi connectivity index (χ0n) is 15.0. The van der Waals surface area contributed by atoms with Crippen LogP contribution in [0.1, 0.15) is 22.6 Å². The summed E-state index contributed by atoms with van der Waals surface area (Å²) >= 11 is 5.97.